The SMILES string of the molecule is N=S1(=O)C[CH]CC1. The van der Waals surface area contributed by atoms with Gasteiger partial charge in [-0.2, -0.15) is 0 Å². The maximum absolute atomic E-state index is 10.6. The minimum Gasteiger partial charge on any atom is -0.253 e. The summed E-state index contributed by atoms with van der Waals surface area (Å²) >= 11 is 0. The van der Waals surface area contributed by atoms with Gasteiger partial charge in [0, 0.05) is 21.2 Å². The van der Waals surface area contributed by atoms with Gasteiger partial charge >= 0.3 is 0 Å². The lowest BCUT2D eigenvalue weighted by atomic mass is 10.4. The molecule has 7 heavy (non-hydrogen) atoms. The molecular formula is C4H8NOS. The van der Waals surface area contributed by atoms with Gasteiger partial charge in [0.05, 0.1) is 0 Å². The van der Waals surface area contributed by atoms with Crippen molar-refractivity contribution in [3.05, 3.63) is 6.42 Å². The van der Waals surface area contributed by atoms with Crippen LogP contribution in [0.3, 0.4) is 0 Å². The van der Waals surface area contributed by atoms with Crippen LogP contribution in [0.5, 0.6) is 0 Å². The van der Waals surface area contributed by atoms with Crippen LogP contribution in [0.2, 0.25) is 0 Å². The van der Waals surface area contributed by atoms with E-state index in [2.05, 4.69) is 0 Å². The zero-order valence-corrected chi connectivity index (χ0v) is 4.83. The zero-order chi connectivity index (χ0) is 5.33. The van der Waals surface area contributed by atoms with Crippen LogP contribution in [-0.4, -0.2) is 15.7 Å². The highest BCUT2D eigenvalue weighted by Crippen LogP contribution is 2.08. The molecule has 1 saturated heterocycles. The summed E-state index contributed by atoms with van der Waals surface area (Å²) in [6, 6.07) is 0. The van der Waals surface area contributed by atoms with Crippen LogP contribution in [-0.2, 0) is 9.73 Å². The molecule has 1 radical (unpaired) electrons. The Balaban J connectivity index is 2.76. The van der Waals surface area contributed by atoms with Crippen molar-refractivity contribution in [1.82, 2.24) is 0 Å². The van der Waals surface area contributed by atoms with Crippen molar-refractivity contribution < 1.29 is 4.21 Å². The molecule has 0 spiro atoms. The molecule has 0 aromatic heterocycles. The maximum atomic E-state index is 10.6. The average Bonchev–Trinajstić information content (AvgIpc) is 1.84. The van der Waals surface area contributed by atoms with Crippen LogP contribution in [0.4, 0.5) is 0 Å². The van der Waals surface area contributed by atoms with E-state index in [1.165, 1.54) is 0 Å². The molecule has 0 saturated carbocycles. The van der Waals surface area contributed by atoms with E-state index in [0.717, 1.165) is 6.42 Å². The Morgan fingerprint density at radius 3 is 2.57 bits per heavy atom. The molecule has 1 aliphatic rings. The highest BCUT2D eigenvalue weighted by atomic mass is 32.2. The summed E-state index contributed by atoms with van der Waals surface area (Å²) in [5.41, 5.74) is 0. The Morgan fingerprint density at radius 1 is 1.71 bits per heavy atom. The first-order valence-corrected chi connectivity index (χ1v) is 4.16. The van der Waals surface area contributed by atoms with Crippen LogP contribution in [0.1, 0.15) is 6.42 Å². The van der Waals surface area contributed by atoms with Gasteiger partial charge < -0.3 is 0 Å². The Morgan fingerprint density at radius 2 is 2.43 bits per heavy atom. The summed E-state index contributed by atoms with van der Waals surface area (Å²) in [5, 5.41) is 0. The Hall–Kier alpha value is -0.0500. The Labute approximate surface area is 43.9 Å². The van der Waals surface area contributed by atoms with Crippen LogP contribution < -0.4 is 0 Å². The molecular weight excluding hydrogens is 110 g/mol. The van der Waals surface area contributed by atoms with Crippen molar-refractivity contribution in [2.75, 3.05) is 11.5 Å². The molecule has 0 bridgehead atoms. The van der Waals surface area contributed by atoms with Crippen molar-refractivity contribution in [3.8, 4) is 0 Å². The third-order valence-electron chi connectivity index (χ3n) is 1.04. The summed E-state index contributed by atoms with van der Waals surface area (Å²) in [4.78, 5) is 0. The molecule has 1 N–H and O–H groups in total. The molecule has 1 rings (SSSR count). The molecule has 0 amide bonds. The second-order valence-electron chi connectivity index (χ2n) is 1.76. The summed E-state index contributed by atoms with van der Waals surface area (Å²) in [6.45, 7) is 0. The van der Waals surface area contributed by atoms with E-state index in [9.17, 15) is 4.21 Å². The number of nitrogens with one attached hydrogen (secondary N) is 1. The highest BCUT2D eigenvalue weighted by molar-refractivity contribution is 7.92. The van der Waals surface area contributed by atoms with Gasteiger partial charge in [-0.1, -0.05) is 0 Å². The van der Waals surface area contributed by atoms with Crippen molar-refractivity contribution in [1.29, 1.82) is 4.78 Å². The molecule has 41 valence electrons. The third kappa shape index (κ3) is 1.16. The fourth-order valence-electron chi connectivity index (χ4n) is 0.631. The second-order valence-corrected chi connectivity index (χ2v) is 4.13. The van der Waals surface area contributed by atoms with Gasteiger partial charge in [0.1, 0.15) is 0 Å². The predicted molar refractivity (Wildman–Crippen MR) is 29.5 cm³/mol. The summed E-state index contributed by atoms with van der Waals surface area (Å²) in [5.74, 6) is 1.11. The molecule has 0 aromatic carbocycles. The number of rotatable bonds is 0. The van der Waals surface area contributed by atoms with Gasteiger partial charge in [0.2, 0.25) is 0 Å². The van der Waals surface area contributed by atoms with Crippen LogP contribution in [0, 0.1) is 11.2 Å². The van der Waals surface area contributed by atoms with Crippen LogP contribution in [0.25, 0.3) is 0 Å². The fraction of sp³-hybridized carbons (Fsp3) is 0.750. The first kappa shape index (κ1) is 5.09. The van der Waals surface area contributed by atoms with E-state index in [0.29, 0.717) is 11.5 Å². The van der Waals surface area contributed by atoms with Crippen molar-refractivity contribution in [3.63, 3.8) is 0 Å². The summed E-state index contributed by atoms with van der Waals surface area (Å²) in [7, 11) is -2.10. The van der Waals surface area contributed by atoms with Crippen molar-refractivity contribution in [2.45, 2.75) is 6.42 Å². The predicted octanol–water partition coefficient (Wildman–Crippen LogP) is 0.641. The molecule has 0 aromatic rings. The monoisotopic (exact) mass is 118 g/mol. The minimum absolute atomic E-state index is 0.521. The van der Waals surface area contributed by atoms with Crippen molar-refractivity contribution >= 4 is 9.73 Å². The van der Waals surface area contributed by atoms with E-state index < -0.39 is 9.73 Å². The molecule has 1 fully saturated rings. The number of hydrogen-bond acceptors (Lipinski definition) is 2. The second kappa shape index (κ2) is 1.47. The van der Waals surface area contributed by atoms with Gasteiger partial charge in [-0.25, -0.2) is 4.21 Å². The average molecular weight is 118 g/mol. The van der Waals surface area contributed by atoms with E-state index in [1.54, 1.807) is 0 Å². The first-order valence-electron chi connectivity index (χ1n) is 2.26. The molecule has 3 heteroatoms. The van der Waals surface area contributed by atoms with Crippen molar-refractivity contribution in [2.24, 2.45) is 0 Å². The number of hydrogen-bond donors (Lipinski definition) is 1. The van der Waals surface area contributed by atoms with Crippen LogP contribution >= 0.6 is 0 Å². The lowest BCUT2D eigenvalue weighted by molar-refractivity contribution is 0.679. The highest BCUT2D eigenvalue weighted by Gasteiger charge is 2.12. The lowest BCUT2D eigenvalue weighted by Gasteiger charge is -1.87. The topological polar surface area (TPSA) is 40.9 Å². The lowest BCUT2D eigenvalue weighted by Crippen LogP contribution is -1.96. The Kier molecular flexibility index (Phi) is 1.07. The van der Waals surface area contributed by atoms with Crippen LogP contribution in [0.15, 0.2) is 0 Å². The zero-order valence-electron chi connectivity index (χ0n) is 4.02. The minimum atomic E-state index is -2.10. The van der Waals surface area contributed by atoms with Gasteiger partial charge in [0.15, 0.2) is 0 Å². The van der Waals surface area contributed by atoms with E-state index in [4.69, 9.17) is 4.78 Å². The van der Waals surface area contributed by atoms with E-state index >= 15 is 0 Å². The molecule has 1 heterocycles. The van der Waals surface area contributed by atoms with E-state index in [1.807, 2.05) is 6.42 Å². The first-order chi connectivity index (χ1) is 3.21. The molecule has 1 aliphatic heterocycles. The molecule has 2 nitrogen and oxygen atoms in total. The summed E-state index contributed by atoms with van der Waals surface area (Å²) < 4.78 is 17.6. The third-order valence-corrected chi connectivity index (χ3v) is 2.71. The maximum Gasteiger partial charge on any atom is 0.0444 e. The molecule has 1 atom stereocenters. The van der Waals surface area contributed by atoms with Gasteiger partial charge in [-0.05, 0) is 12.8 Å². The van der Waals surface area contributed by atoms with E-state index in [-0.39, 0.29) is 0 Å². The van der Waals surface area contributed by atoms with Gasteiger partial charge in [-0.15, -0.1) is 0 Å². The standard InChI is InChI=1S/C4H8NOS/c5-7(6)3-1-2-4-7/h1,5H,2-4H2. The normalized spacial score (nSPS) is 28.0. The quantitative estimate of drug-likeness (QED) is 0.498. The largest absolute Gasteiger partial charge is 0.253 e. The fourth-order valence-corrected chi connectivity index (χ4v) is 1.89. The molecule has 1 unspecified atom stereocenters. The molecule has 0 aliphatic carbocycles. The van der Waals surface area contributed by atoms with Gasteiger partial charge in [-0.3, -0.25) is 4.78 Å². The smallest absolute Gasteiger partial charge is 0.0444 e. The Bertz CT molecular complexity index is 135. The van der Waals surface area contributed by atoms with Gasteiger partial charge in [0.25, 0.3) is 0 Å². The summed E-state index contributed by atoms with van der Waals surface area (Å²) in [6.07, 6.45) is 2.80.